The Morgan fingerprint density at radius 3 is 2.78 bits per heavy atom. The van der Waals surface area contributed by atoms with E-state index in [1.165, 1.54) is 0 Å². The molecule has 1 atom stereocenters. The molecule has 1 fully saturated rings. The van der Waals surface area contributed by atoms with E-state index >= 15 is 0 Å². The first-order valence-corrected chi connectivity index (χ1v) is 7.72. The second-order valence-electron chi connectivity index (χ2n) is 5.68. The molecular weight excluding hydrogens is 292 g/mol. The van der Waals surface area contributed by atoms with Crippen molar-refractivity contribution in [1.82, 2.24) is 19.4 Å². The van der Waals surface area contributed by atoms with E-state index in [2.05, 4.69) is 10.3 Å². The lowest BCUT2D eigenvalue weighted by molar-refractivity contribution is 0.414. The third kappa shape index (κ3) is 2.22. The number of nitrogens with one attached hydrogen (secondary N) is 1. The Bertz CT molecular complexity index is 889. The Morgan fingerprint density at radius 1 is 1.26 bits per heavy atom. The van der Waals surface area contributed by atoms with E-state index in [-0.39, 0.29) is 11.7 Å². The van der Waals surface area contributed by atoms with Crippen LogP contribution in [0.1, 0.15) is 12.5 Å². The van der Waals surface area contributed by atoms with Crippen LogP contribution < -0.4 is 15.7 Å². The van der Waals surface area contributed by atoms with E-state index in [1.807, 2.05) is 41.0 Å². The summed E-state index contributed by atoms with van der Waals surface area (Å²) < 4.78 is 8.74. The highest BCUT2D eigenvalue weighted by Gasteiger charge is 2.24. The van der Waals surface area contributed by atoms with E-state index < -0.39 is 0 Å². The smallest absolute Gasteiger partial charge is 0.335 e. The van der Waals surface area contributed by atoms with Crippen molar-refractivity contribution < 1.29 is 4.74 Å². The third-order valence-corrected chi connectivity index (χ3v) is 4.36. The zero-order chi connectivity index (χ0) is 15.8. The molecule has 1 aliphatic heterocycles. The molecule has 1 aromatic carbocycles. The largest absolute Gasteiger partial charge is 0.497 e. The Morgan fingerprint density at radius 2 is 2.09 bits per heavy atom. The minimum atomic E-state index is -0.0439. The fraction of sp³-hybridized carbons (Fsp3) is 0.294. The molecule has 4 rings (SSSR count). The SMILES string of the molecule is COc1ccc(-n2c(=O)n(C3CCNC3)c3ncccc32)cc1. The molecule has 3 aromatic rings. The number of hydrogen-bond donors (Lipinski definition) is 1. The van der Waals surface area contributed by atoms with Gasteiger partial charge >= 0.3 is 5.69 Å². The Hall–Kier alpha value is -2.60. The van der Waals surface area contributed by atoms with Crippen LogP contribution in [0.5, 0.6) is 5.75 Å². The van der Waals surface area contributed by atoms with Crippen LogP contribution in [-0.2, 0) is 0 Å². The summed E-state index contributed by atoms with van der Waals surface area (Å²) in [6.45, 7) is 1.73. The molecular formula is C17H18N4O2. The molecule has 0 radical (unpaired) electrons. The number of aromatic nitrogens is 3. The summed E-state index contributed by atoms with van der Waals surface area (Å²) in [4.78, 5) is 17.5. The molecule has 1 unspecified atom stereocenters. The molecule has 1 aliphatic rings. The third-order valence-electron chi connectivity index (χ3n) is 4.36. The molecule has 23 heavy (non-hydrogen) atoms. The van der Waals surface area contributed by atoms with Crippen LogP contribution in [0, 0.1) is 0 Å². The number of imidazole rings is 1. The second kappa shape index (κ2) is 5.55. The van der Waals surface area contributed by atoms with Gasteiger partial charge in [-0.25, -0.2) is 9.78 Å². The molecule has 2 aromatic heterocycles. The first-order valence-electron chi connectivity index (χ1n) is 7.72. The van der Waals surface area contributed by atoms with Crippen molar-refractivity contribution in [3.05, 3.63) is 53.1 Å². The first kappa shape index (κ1) is 14.0. The normalized spacial score (nSPS) is 17.7. The van der Waals surface area contributed by atoms with Crippen LogP contribution in [0.25, 0.3) is 16.9 Å². The number of rotatable bonds is 3. The summed E-state index contributed by atoms with van der Waals surface area (Å²) >= 11 is 0. The summed E-state index contributed by atoms with van der Waals surface area (Å²) in [7, 11) is 1.63. The zero-order valence-electron chi connectivity index (χ0n) is 12.9. The fourth-order valence-corrected chi connectivity index (χ4v) is 3.22. The van der Waals surface area contributed by atoms with Crippen LogP contribution in [0.2, 0.25) is 0 Å². The van der Waals surface area contributed by atoms with Gasteiger partial charge in [-0.1, -0.05) is 0 Å². The van der Waals surface area contributed by atoms with Gasteiger partial charge in [0.25, 0.3) is 0 Å². The number of pyridine rings is 1. The Labute approximate surface area is 133 Å². The maximum absolute atomic E-state index is 13.1. The van der Waals surface area contributed by atoms with Crippen LogP contribution >= 0.6 is 0 Å². The summed E-state index contributed by atoms with van der Waals surface area (Å²) in [5.74, 6) is 0.767. The average Bonchev–Trinajstić information content (AvgIpc) is 3.20. The van der Waals surface area contributed by atoms with Crippen molar-refractivity contribution in [3.63, 3.8) is 0 Å². The standard InChI is InChI=1S/C17H18N4O2/c1-23-14-6-4-12(5-7-14)20-15-3-2-9-19-16(15)21(17(20)22)13-8-10-18-11-13/h2-7,9,13,18H,8,10-11H2,1H3. The maximum atomic E-state index is 13.1. The number of fused-ring (bicyclic) bond motifs is 1. The van der Waals surface area contributed by atoms with E-state index in [1.54, 1.807) is 17.9 Å². The minimum absolute atomic E-state index is 0.0439. The Balaban J connectivity index is 1.95. The molecule has 0 amide bonds. The molecule has 0 saturated carbocycles. The van der Waals surface area contributed by atoms with Crippen LogP contribution in [0.4, 0.5) is 0 Å². The van der Waals surface area contributed by atoms with Gasteiger partial charge in [-0.2, -0.15) is 0 Å². The minimum Gasteiger partial charge on any atom is -0.497 e. The highest BCUT2D eigenvalue weighted by molar-refractivity contribution is 5.74. The topological polar surface area (TPSA) is 61.1 Å². The van der Waals surface area contributed by atoms with Gasteiger partial charge in [-0.05, 0) is 49.4 Å². The van der Waals surface area contributed by atoms with Gasteiger partial charge in [-0.3, -0.25) is 9.13 Å². The second-order valence-corrected chi connectivity index (χ2v) is 5.68. The van der Waals surface area contributed by atoms with E-state index in [9.17, 15) is 4.79 Å². The number of benzene rings is 1. The predicted octanol–water partition coefficient (Wildman–Crippen LogP) is 1.73. The quantitative estimate of drug-likeness (QED) is 0.800. The van der Waals surface area contributed by atoms with Crippen molar-refractivity contribution in [3.8, 4) is 11.4 Å². The number of hydrogen-bond acceptors (Lipinski definition) is 4. The van der Waals surface area contributed by atoms with Gasteiger partial charge < -0.3 is 10.1 Å². The van der Waals surface area contributed by atoms with E-state index in [0.29, 0.717) is 0 Å². The van der Waals surface area contributed by atoms with E-state index in [0.717, 1.165) is 42.1 Å². The van der Waals surface area contributed by atoms with Gasteiger partial charge in [0.1, 0.15) is 5.75 Å². The molecule has 0 aliphatic carbocycles. The molecule has 6 nitrogen and oxygen atoms in total. The van der Waals surface area contributed by atoms with Crippen molar-refractivity contribution in [2.45, 2.75) is 12.5 Å². The van der Waals surface area contributed by atoms with Crippen LogP contribution in [-0.4, -0.2) is 34.3 Å². The lowest BCUT2D eigenvalue weighted by atomic mass is 10.2. The summed E-state index contributed by atoms with van der Waals surface area (Å²) in [5.41, 5.74) is 2.34. The lowest BCUT2D eigenvalue weighted by Gasteiger charge is -2.09. The highest BCUT2D eigenvalue weighted by Crippen LogP contribution is 2.23. The summed E-state index contributed by atoms with van der Waals surface area (Å²) in [6.07, 6.45) is 2.68. The van der Waals surface area contributed by atoms with Gasteiger partial charge in [0.15, 0.2) is 5.65 Å². The summed E-state index contributed by atoms with van der Waals surface area (Å²) in [5, 5.41) is 3.31. The average molecular weight is 310 g/mol. The summed E-state index contributed by atoms with van der Waals surface area (Å²) in [6, 6.07) is 11.5. The molecule has 1 N–H and O–H groups in total. The maximum Gasteiger partial charge on any atom is 0.335 e. The highest BCUT2D eigenvalue weighted by atomic mass is 16.5. The number of methoxy groups -OCH3 is 1. The first-order chi connectivity index (χ1) is 11.3. The monoisotopic (exact) mass is 310 g/mol. The Kier molecular flexibility index (Phi) is 3.38. The van der Waals surface area contributed by atoms with Crippen LogP contribution in [0.3, 0.4) is 0 Å². The van der Waals surface area contributed by atoms with Crippen molar-refractivity contribution in [2.24, 2.45) is 0 Å². The van der Waals surface area contributed by atoms with Crippen LogP contribution in [0.15, 0.2) is 47.4 Å². The lowest BCUT2D eigenvalue weighted by Crippen LogP contribution is -2.28. The molecule has 0 bridgehead atoms. The number of ether oxygens (including phenoxy) is 1. The number of nitrogens with zero attached hydrogens (tertiary/aromatic N) is 3. The molecule has 3 heterocycles. The zero-order valence-corrected chi connectivity index (χ0v) is 12.9. The molecule has 118 valence electrons. The van der Waals surface area contributed by atoms with Gasteiger partial charge in [0, 0.05) is 12.7 Å². The van der Waals surface area contributed by atoms with Gasteiger partial charge in [0.05, 0.1) is 24.4 Å². The van der Waals surface area contributed by atoms with Crippen molar-refractivity contribution in [2.75, 3.05) is 20.2 Å². The van der Waals surface area contributed by atoms with Gasteiger partial charge in [-0.15, -0.1) is 0 Å². The fourth-order valence-electron chi connectivity index (χ4n) is 3.22. The van der Waals surface area contributed by atoms with Crippen molar-refractivity contribution >= 4 is 11.2 Å². The molecule has 0 spiro atoms. The van der Waals surface area contributed by atoms with E-state index in [4.69, 9.17) is 4.74 Å². The molecule has 6 heteroatoms. The molecule has 1 saturated heterocycles. The van der Waals surface area contributed by atoms with Gasteiger partial charge in [0.2, 0.25) is 0 Å². The van der Waals surface area contributed by atoms with Crippen molar-refractivity contribution in [1.29, 1.82) is 0 Å². The predicted molar refractivity (Wildman–Crippen MR) is 88.4 cm³/mol.